The average molecular weight is 1020 g/mol. The van der Waals surface area contributed by atoms with Crippen LogP contribution in [0.4, 0.5) is 34.1 Å². The van der Waals surface area contributed by atoms with E-state index in [1.165, 1.54) is 98.0 Å². The highest BCUT2D eigenvalue weighted by Crippen LogP contribution is 2.50. The molecule has 0 N–H and O–H groups in total. The summed E-state index contributed by atoms with van der Waals surface area (Å²) in [5.74, 6) is 0. The van der Waals surface area contributed by atoms with Crippen LogP contribution in [0.25, 0.3) is 109 Å². The third kappa shape index (κ3) is 8.30. The molecular weight excluding hydrogens is 965 g/mol. The Kier molecular flexibility index (Phi) is 11.6. The van der Waals surface area contributed by atoms with Gasteiger partial charge >= 0.3 is 0 Å². The standard InChI is InChI=1S/C78H52N2/c1-3-25-65(26-4-1)79(75-31-15-23-57-19-11-13-29-69(57)75)67-45-47-71-73(51-67)77(59-39-33-55(34-40-59)63-43-37-53-17-7-9-21-61(53)49-63)72-48-46-68(80(66-27-5-2-6-28-66)76-32-16-24-58-20-12-14-30-70(58)76)52-74(72)78(71)60-41-35-56(36-42-60)64-44-38-54-18-8-10-22-62(54)50-64/h1-52H. The predicted molar refractivity (Wildman–Crippen MR) is 343 cm³/mol. The minimum atomic E-state index is 1.08. The van der Waals surface area contributed by atoms with E-state index >= 15 is 0 Å². The van der Waals surface area contributed by atoms with Gasteiger partial charge in [-0.2, -0.15) is 0 Å². The summed E-state index contributed by atoms with van der Waals surface area (Å²) < 4.78 is 0. The van der Waals surface area contributed by atoms with Crippen molar-refractivity contribution in [3.8, 4) is 44.5 Å². The summed E-state index contributed by atoms with van der Waals surface area (Å²) in [6.45, 7) is 0. The van der Waals surface area contributed by atoms with Gasteiger partial charge in [0, 0.05) is 33.5 Å². The lowest BCUT2D eigenvalue weighted by molar-refractivity contribution is 1.30. The Labute approximate surface area is 465 Å². The largest absolute Gasteiger partial charge is 0.310 e. The van der Waals surface area contributed by atoms with Gasteiger partial charge < -0.3 is 9.80 Å². The van der Waals surface area contributed by atoms with Crippen molar-refractivity contribution in [3.63, 3.8) is 0 Å². The highest BCUT2D eigenvalue weighted by molar-refractivity contribution is 6.23. The van der Waals surface area contributed by atoms with Gasteiger partial charge in [-0.15, -0.1) is 0 Å². The molecule has 2 heteroatoms. The molecule has 15 aromatic rings. The Balaban J connectivity index is 1.01. The van der Waals surface area contributed by atoms with Crippen LogP contribution in [0.3, 0.4) is 0 Å². The van der Waals surface area contributed by atoms with Crippen LogP contribution in [0.2, 0.25) is 0 Å². The van der Waals surface area contributed by atoms with Gasteiger partial charge in [0.05, 0.1) is 11.4 Å². The van der Waals surface area contributed by atoms with Crippen LogP contribution in [-0.2, 0) is 0 Å². The van der Waals surface area contributed by atoms with Crippen LogP contribution in [-0.4, -0.2) is 0 Å². The zero-order chi connectivity index (χ0) is 52.9. The van der Waals surface area contributed by atoms with Crippen molar-refractivity contribution in [2.75, 3.05) is 9.80 Å². The maximum absolute atomic E-state index is 2.45. The monoisotopic (exact) mass is 1020 g/mol. The van der Waals surface area contributed by atoms with Crippen molar-refractivity contribution in [2.45, 2.75) is 0 Å². The summed E-state index contributed by atoms with van der Waals surface area (Å²) >= 11 is 0. The molecule has 0 atom stereocenters. The second kappa shape index (κ2) is 19.8. The molecule has 2 nitrogen and oxygen atoms in total. The van der Waals surface area contributed by atoms with Crippen molar-refractivity contribution in [3.05, 3.63) is 315 Å². The zero-order valence-corrected chi connectivity index (χ0v) is 43.9. The van der Waals surface area contributed by atoms with Crippen molar-refractivity contribution in [2.24, 2.45) is 0 Å². The van der Waals surface area contributed by atoms with Crippen LogP contribution in [0.5, 0.6) is 0 Å². The molecule has 374 valence electrons. The van der Waals surface area contributed by atoms with Gasteiger partial charge in [-0.1, -0.05) is 243 Å². The maximum atomic E-state index is 2.45. The molecule has 0 spiro atoms. The summed E-state index contributed by atoms with van der Waals surface area (Å²) in [5, 5.41) is 14.4. The molecule has 0 radical (unpaired) electrons. The number of para-hydroxylation sites is 2. The van der Waals surface area contributed by atoms with Gasteiger partial charge in [0.2, 0.25) is 0 Å². The average Bonchev–Trinajstić information content (AvgIpc) is 3.66. The summed E-state index contributed by atoms with van der Waals surface area (Å²) in [7, 11) is 0. The molecule has 0 heterocycles. The lowest BCUT2D eigenvalue weighted by Crippen LogP contribution is -2.11. The van der Waals surface area contributed by atoms with Gasteiger partial charge in [0.1, 0.15) is 0 Å². The second-order valence-electron chi connectivity index (χ2n) is 20.8. The maximum Gasteiger partial charge on any atom is 0.0540 e. The third-order valence-electron chi connectivity index (χ3n) is 16.2. The Hall–Kier alpha value is -10.5. The van der Waals surface area contributed by atoms with Crippen LogP contribution in [0, 0.1) is 0 Å². The highest BCUT2D eigenvalue weighted by Gasteiger charge is 2.24. The Morgan fingerprint density at radius 1 is 0.163 bits per heavy atom. The Morgan fingerprint density at radius 3 is 0.925 bits per heavy atom. The van der Waals surface area contributed by atoms with E-state index in [-0.39, 0.29) is 0 Å². The Bertz CT molecular complexity index is 4490. The molecule has 0 saturated carbocycles. The molecule has 15 rings (SSSR count). The predicted octanol–water partition coefficient (Wildman–Crippen LogP) is 22.2. The first kappa shape index (κ1) is 46.7. The molecule has 0 bridgehead atoms. The summed E-state index contributed by atoms with van der Waals surface area (Å²) in [5.41, 5.74) is 16.0. The smallest absolute Gasteiger partial charge is 0.0540 e. The molecule has 80 heavy (non-hydrogen) atoms. The number of nitrogens with zero attached hydrogens (tertiary/aromatic N) is 2. The summed E-state index contributed by atoms with van der Waals surface area (Å²) in [6.07, 6.45) is 0. The van der Waals surface area contributed by atoms with Crippen molar-refractivity contribution >= 4 is 98.8 Å². The van der Waals surface area contributed by atoms with E-state index in [0.717, 1.165) is 45.3 Å². The molecule has 0 aliphatic rings. The van der Waals surface area contributed by atoms with Crippen LogP contribution in [0.15, 0.2) is 315 Å². The number of fused-ring (bicyclic) bond motifs is 6. The molecule has 0 aliphatic heterocycles. The number of rotatable bonds is 10. The van der Waals surface area contributed by atoms with E-state index in [1.54, 1.807) is 0 Å². The molecule has 0 aromatic heterocycles. The minimum Gasteiger partial charge on any atom is -0.310 e. The fraction of sp³-hybridized carbons (Fsp3) is 0. The van der Waals surface area contributed by atoms with E-state index in [1.807, 2.05) is 0 Å². The van der Waals surface area contributed by atoms with Gasteiger partial charge in [0.15, 0.2) is 0 Å². The van der Waals surface area contributed by atoms with Crippen LogP contribution >= 0.6 is 0 Å². The van der Waals surface area contributed by atoms with E-state index in [9.17, 15) is 0 Å². The molecular formula is C78H52N2. The molecule has 0 fully saturated rings. The van der Waals surface area contributed by atoms with E-state index < -0.39 is 0 Å². The number of hydrogen-bond acceptors (Lipinski definition) is 2. The fourth-order valence-electron chi connectivity index (χ4n) is 12.3. The van der Waals surface area contributed by atoms with Crippen LogP contribution < -0.4 is 9.80 Å². The minimum absolute atomic E-state index is 1.08. The van der Waals surface area contributed by atoms with E-state index in [2.05, 4.69) is 325 Å². The van der Waals surface area contributed by atoms with E-state index in [0.29, 0.717) is 0 Å². The Morgan fingerprint density at radius 2 is 0.500 bits per heavy atom. The van der Waals surface area contributed by atoms with E-state index in [4.69, 9.17) is 0 Å². The molecule has 0 saturated heterocycles. The van der Waals surface area contributed by atoms with Crippen molar-refractivity contribution in [1.82, 2.24) is 0 Å². The quantitative estimate of drug-likeness (QED) is 0.126. The fourth-order valence-corrected chi connectivity index (χ4v) is 12.3. The first-order chi connectivity index (χ1) is 39.7. The summed E-state index contributed by atoms with van der Waals surface area (Å²) in [6, 6.07) is 116. The molecule has 15 aromatic carbocycles. The third-order valence-corrected chi connectivity index (χ3v) is 16.2. The van der Waals surface area contributed by atoms with Crippen molar-refractivity contribution < 1.29 is 0 Å². The number of anilines is 6. The number of hydrogen-bond donors (Lipinski definition) is 0. The lowest BCUT2D eigenvalue weighted by atomic mass is 9.84. The number of benzene rings is 15. The first-order valence-corrected chi connectivity index (χ1v) is 27.6. The first-order valence-electron chi connectivity index (χ1n) is 27.6. The SMILES string of the molecule is c1ccc(N(c2ccc3c(-c4ccc(-c5ccc6ccccc6c5)cc4)c4cc(N(c5ccccc5)c5cccc6ccccc56)ccc4c(-c4ccc(-c5ccc6ccccc6c5)cc4)c3c2)c2cccc3ccccc23)cc1. The highest BCUT2D eigenvalue weighted by atomic mass is 15.1. The topological polar surface area (TPSA) is 6.48 Å². The molecule has 0 aliphatic carbocycles. The second-order valence-corrected chi connectivity index (χ2v) is 20.8. The van der Waals surface area contributed by atoms with Crippen LogP contribution in [0.1, 0.15) is 0 Å². The normalized spacial score (nSPS) is 11.5. The van der Waals surface area contributed by atoms with Gasteiger partial charge in [-0.25, -0.2) is 0 Å². The lowest BCUT2D eigenvalue weighted by Gasteiger charge is -2.29. The van der Waals surface area contributed by atoms with Gasteiger partial charge in [0.25, 0.3) is 0 Å². The molecule has 0 unspecified atom stereocenters. The van der Waals surface area contributed by atoms with Crippen molar-refractivity contribution in [1.29, 1.82) is 0 Å². The molecule has 0 amide bonds. The van der Waals surface area contributed by atoms with Gasteiger partial charge in [-0.05, 0) is 171 Å². The van der Waals surface area contributed by atoms with Gasteiger partial charge in [-0.3, -0.25) is 0 Å². The zero-order valence-electron chi connectivity index (χ0n) is 43.9. The summed E-state index contributed by atoms with van der Waals surface area (Å²) in [4.78, 5) is 4.86.